The van der Waals surface area contributed by atoms with E-state index >= 15 is 0 Å². The van der Waals surface area contributed by atoms with Gasteiger partial charge in [0, 0.05) is 29.2 Å². The van der Waals surface area contributed by atoms with Crippen molar-refractivity contribution in [2.24, 2.45) is 11.8 Å². The highest BCUT2D eigenvalue weighted by Crippen LogP contribution is 2.55. The van der Waals surface area contributed by atoms with Gasteiger partial charge in [0.25, 0.3) is 5.91 Å². The van der Waals surface area contributed by atoms with Crippen LogP contribution in [-0.4, -0.2) is 42.7 Å². The summed E-state index contributed by atoms with van der Waals surface area (Å²) in [5.41, 5.74) is 0.686. The summed E-state index contributed by atoms with van der Waals surface area (Å²) in [7, 11) is 1.51. The Morgan fingerprint density at radius 2 is 1.71 bits per heavy atom. The molecule has 0 radical (unpaired) electrons. The van der Waals surface area contributed by atoms with Crippen LogP contribution in [0.25, 0.3) is 0 Å². The maximum absolute atomic E-state index is 13.8. The highest BCUT2D eigenvalue weighted by atomic mass is 79.9. The minimum Gasteiger partial charge on any atom is -0.495 e. The molecule has 31 heavy (non-hydrogen) atoms. The van der Waals surface area contributed by atoms with Gasteiger partial charge in [-0.3, -0.25) is 19.7 Å². The molecule has 0 saturated carbocycles. The van der Waals surface area contributed by atoms with E-state index in [1.165, 1.54) is 12.0 Å². The summed E-state index contributed by atoms with van der Waals surface area (Å²) in [5, 5.41) is 3.99. The van der Waals surface area contributed by atoms with Crippen molar-refractivity contribution in [3.05, 3.63) is 54.1 Å². The Kier molecular flexibility index (Phi) is 4.67. The van der Waals surface area contributed by atoms with E-state index in [1.807, 2.05) is 31.2 Å². The number of amides is 3. The summed E-state index contributed by atoms with van der Waals surface area (Å²) >= 11 is 3.42. The molecule has 2 fully saturated rings. The molecule has 2 aromatic carbocycles. The SMILES string of the molecule is COc1ccccc1N1C(=O)[C@H]2[C@@H](C1=O)[C@]1(N[C@@H]2C)C(=O)N(CCBr)c2ccccc21. The van der Waals surface area contributed by atoms with E-state index in [0.717, 1.165) is 11.3 Å². The topological polar surface area (TPSA) is 79.0 Å². The molecule has 2 aromatic rings. The molecular weight excluding hydrogens is 462 g/mol. The zero-order chi connectivity index (χ0) is 21.9. The number of nitrogens with zero attached hydrogens (tertiary/aromatic N) is 2. The number of rotatable bonds is 4. The summed E-state index contributed by atoms with van der Waals surface area (Å²) in [6, 6.07) is 14.1. The van der Waals surface area contributed by atoms with Crippen LogP contribution < -0.4 is 19.9 Å². The molecule has 5 rings (SSSR count). The van der Waals surface area contributed by atoms with E-state index in [0.29, 0.717) is 23.3 Å². The van der Waals surface area contributed by atoms with Crippen molar-refractivity contribution in [2.75, 3.05) is 28.8 Å². The summed E-state index contributed by atoms with van der Waals surface area (Å²) in [5.74, 6) is -1.89. The summed E-state index contributed by atoms with van der Waals surface area (Å²) in [4.78, 5) is 44.1. The molecular formula is C23H22BrN3O4. The second-order valence-electron chi connectivity index (χ2n) is 8.09. The van der Waals surface area contributed by atoms with Crippen LogP contribution in [0.5, 0.6) is 5.75 Å². The molecule has 8 heteroatoms. The molecule has 1 spiro atoms. The number of alkyl halides is 1. The molecule has 2 saturated heterocycles. The van der Waals surface area contributed by atoms with E-state index in [4.69, 9.17) is 4.74 Å². The highest BCUT2D eigenvalue weighted by molar-refractivity contribution is 9.09. The third kappa shape index (κ3) is 2.52. The first-order chi connectivity index (χ1) is 15.0. The van der Waals surface area contributed by atoms with Crippen LogP contribution in [0.3, 0.4) is 0 Å². The maximum atomic E-state index is 13.8. The molecule has 7 nitrogen and oxygen atoms in total. The summed E-state index contributed by atoms with van der Waals surface area (Å²) in [6.07, 6.45) is 0. The molecule has 0 bridgehead atoms. The van der Waals surface area contributed by atoms with E-state index in [-0.39, 0.29) is 23.8 Å². The minimum absolute atomic E-state index is 0.185. The Bertz CT molecular complexity index is 1110. The van der Waals surface area contributed by atoms with Crippen molar-refractivity contribution < 1.29 is 19.1 Å². The van der Waals surface area contributed by atoms with Crippen LogP contribution in [-0.2, 0) is 19.9 Å². The Balaban J connectivity index is 1.67. The van der Waals surface area contributed by atoms with Crippen molar-refractivity contribution in [2.45, 2.75) is 18.5 Å². The lowest BCUT2D eigenvalue weighted by Gasteiger charge is -2.30. The number of carbonyl (C=O) groups is 3. The zero-order valence-corrected chi connectivity index (χ0v) is 18.8. The fourth-order valence-electron chi connectivity index (χ4n) is 5.47. The standard InChI is InChI=1S/C23H22BrN3O4/c1-13-18-19(21(29)27(20(18)28)16-9-5-6-10-17(16)31-2)23(25-13)14-7-3-4-8-15(14)26(12-11-24)22(23)30/h3-10,13,18-19,25H,11-12H2,1-2H3/t13-,18-,19+,23+/m1/s1. The monoisotopic (exact) mass is 483 g/mol. The molecule has 3 amide bonds. The van der Waals surface area contributed by atoms with Crippen molar-refractivity contribution in [3.8, 4) is 5.75 Å². The van der Waals surface area contributed by atoms with E-state index in [2.05, 4.69) is 21.2 Å². The van der Waals surface area contributed by atoms with Gasteiger partial charge in [-0.1, -0.05) is 46.3 Å². The number of halogens is 1. The lowest BCUT2D eigenvalue weighted by atomic mass is 9.76. The molecule has 3 aliphatic heterocycles. The number of benzene rings is 2. The number of imide groups is 1. The van der Waals surface area contributed by atoms with Gasteiger partial charge in [0.05, 0.1) is 24.6 Å². The van der Waals surface area contributed by atoms with E-state index in [9.17, 15) is 14.4 Å². The van der Waals surface area contributed by atoms with Crippen molar-refractivity contribution >= 4 is 45.0 Å². The molecule has 0 unspecified atom stereocenters. The average Bonchev–Trinajstić information content (AvgIpc) is 3.32. The van der Waals surface area contributed by atoms with Gasteiger partial charge in [-0.25, -0.2) is 4.90 Å². The number of methoxy groups -OCH3 is 1. The van der Waals surface area contributed by atoms with Crippen LogP contribution in [0.1, 0.15) is 12.5 Å². The zero-order valence-electron chi connectivity index (χ0n) is 17.2. The van der Waals surface area contributed by atoms with Crippen LogP contribution in [0.2, 0.25) is 0 Å². The second-order valence-corrected chi connectivity index (χ2v) is 8.88. The third-order valence-corrected chi connectivity index (χ3v) is 7.00. The van der Waals surface area contributed by atoms with Gasteiger partial charge in [0.2, 0.25) is 11.8 Å². The van der Waals surface area contributed by atoms with Crippen LogP contribution in [0.4, 0.5) is 11.4 Å². The lowest BCUT2D eigenvalue weighted by molar-refractivity contribution is -0.132. The molecule has 0 aliphatic carbocycles. The van der Waals surface area contributed by atoms with Gasteiger partial charge in [0.15, 0.2) is 0 Å². The lowest BCUT2D eigenvalue weighted by Crippen LogP contribution is -2.55. The van der Waals surface area contributed by atoms with Gasteiger partial charge in [-0.15, -0.1) is 0 Å². The first kappa shape index (κ1) is 20.2. The molecule has 160 valence electrons. The number of nitrogens with one attached hydrogen (secondary N) is 1. The minimum atomic E-state index is -1.26. The molecule has 3 heterocycles. The predicted molar refractivity (Wildman–Crippen MR) is 119 cm³/mol. The smallest absolute Gasteiger partial charge is 0.252 e. The maximum Gasteiger partial charge on any atom is 0.252 e. The first-order valence-corrected chi connectivity index (χ1v) is 11.4. The summed E-state index contributed by atoms with van der Waals surface area (Å²) in [6.45, 7) is 2.34. The highest BCUT2D eigenvalue weighted by Gasteiger charge is 2.71. The normalized spacial score (nSPS) is 29.1. The number of ether oxygens (including phenoxy) is 1. The molecule has 1 N–H and O–H groups in total. The Hall–Kier alpha value is -2.71. The van der Waals surface area contributed by atoms with Gasteiger partial charge in [-0.2, -0.15) is 0 Å². The quantitative estimate of drug-likeness (QED) is 0.533. The number of hydrogen-bond acceptors (Lipinski definition) is 5. The number of anilines is 2. The van der Waals surface area contributed by atoms with Gasteiger partial charge in [0.1, 0.15) is 11.3 Å². The molecule has 3 aliphatic rings. The predicted octanol–water partition coefficient (Wildman–Crippen LogP) is 2.43. The van der Waals surface area contributed by atoms with Gasteiger partial charge in [-0.05, 0) is 25.1 Å². The van der Waals surface area contributed by atoms with Crippen LogP contribution >= 0.6 is 15.9 Å². The van der Waals surface area contributed by atoms with Crippen molar-refractivity contribution in [1.82, 2.24) is 5.32 Å². The molecule has 0 aromatic heterocycles. The fourth-order valence-corrected chi connectivity index (χ4v) is 5.82. The van der Waals surface area contributed by atoms with Gasteiger partial charge < -0.3 is 9.64 Å². The van der Waals surface area contributed by atoms with E-state index < -0.39 is 17.4 Å². The van der Waals surface area contributed by atoms with Crippen LogP contribution in [0, 0.1) is 11.8 Å². The average molecular weight is 484 g/mol. The number of fused-ring (bicyclic) bond motifs is 4. The van der Waals surface area contributed by atoms with Crippen molar-refractivity contribution in [1.29, 1.82) is 0 Å². The Morgan fingerprint density at radius 3 is 2.42 bits per heavy atom. The number of carbonyl (C=O) groups excluding carboxylic acids is 3. The fraction of sp³-hybridized carbons (Fsp3) is 0.348. The first-order valence-electron chi connectivity index (χ1n) is 10.2. The Morgan fingerprint density at radius 1 is 1.03 bits per heavy atom. The Labute approximate surface area is 188 Å². The van der Waals surface area contributed by atoms with Gasteiger partial charge >= 0.3 is 0 Å². The largest absolute Gasteiger partial charge is 0.495 e. The van der Waals surface area contributed by atoms with E-state index in [1.54, 1.807) is 29.2 Å². The number of para-hydroxylation sites is 3. The molecule has 4 atom stereocenters. The third-order valence-electron chi connectivity index (χ3n) is 6.65. The number of hydrogen-bond donors (Lipinski definition) is 1. The summed E-state index contributed by atoms with van der Waals surface area (Å²) < 4.78 is 5.40. The van der Waals surface area contributed by atoms with Crippen LogP contribution in [0.15, 0.2) is 48.5 Å². The second kappa shape index (κ2) is 7.17. The van der Waals surface area contributed by atoms with Crippen molar-refractivity contribution in [3.63, 3.8) is 0 Å².